The Morgan fingerprint density at radius 3 is 2.48 bits per heavy atom. The SMILES string of the molecule is CC(NC(=O)N1CCC2(CC1)C(=O)N(C)C(=O)N2C)c1nc(C2CC2)no1. The molecule has 1 aromatic heterocycles. The van der Waals surface area contributed by atoms with E-state index in [-0.39, 0.29) is 18.0 Å². The van der Waals surface area contributed by atoms with Gasteiger partial charge in [0.1, 0.15) is 11.6 Å². The number of aromatic nitrogens is 2. The van der Waals surface area contributed by atoms with Gasteiger partial charge in [0.05, 0.1) is 0 Å². The first-order valence-electron chi connectivity index (χ1n) is 9.28. The normalized spacial score (nSPS) is 23.3. The van der Waals surface area contributed by atoms with Crippen LogP contribution in [0.3, 0.4) is 0 Å². The largest absolute Gasteiger partial charge is 0.337 e. The minimum absolute atomic E-state index is 0.193. The van der Waals surface area contributed by atoms with Crippen LogP contribution in [-0.2, 0) is 4.79 Å². The van der Waals surface area contributed by atoms with Crippen LogP contribution in [0.5, 0.6) is 0 Å². The molecule has 3 fully saturated rings. The molecular weight excluding hydrogens is 352 g/mol. The van der Waals surface area contributed by atoms with Crippen LogP contribution in [0.1, 0.15) is 56.3 Å². The van der Waals surface area contributed by atoms with Crippen LogP contribution in [0.4, 0.5) is 9.59 Å². The molecule has 2 saturated heterocycles. The second-order valence-electron chi connectivity index (χ2n) is 7.66. The van der Waals surface area contributed by atoms with E-state index in [2.05, 4.69) is 15.5 Å². The molecule has 0 bridgehead atoms. The highest BCUT2D eigenvalue weighted by Crippen LogP contribution is 2.38. The van der Waals surface area contributed by atoms with E-state index >= 15 is 0 Å². The van der Waals surface area contributed by atoms with E-state index in [1.807, 2.05) is 0 Å². The molecule has 1 aromatic rings. The van der Waals surface area contributed by atoms with Gasteiger partial charge in [-0.1, -0.05) is 5.16 Å². The first-order valence-corrected chi connectivity index (χ1v) is 9.28. The summed E-state index contributed by atoms with van der Waals surface area (Å²) in [5, 5.41) is 6.84. The molecule has 10 nitrogen and oxygen atoms in total. The Labute approximate surface area is 156 Å². The number of imide groups is 1. The predicted molar refractivity (Wildman–Crippen MR) is 92.7 cm³/mol. The second kappa shape index (κ2) is 6.21. The van der Waals surface area contributed by atoms with Crippen molar-refractivity contribution in [1.29, 1.82) is 0 Å². The van der Waals surface area contributed by atoms with Gasteiger partial charge in [0, 0.05) is 33.1 Å². The van der Waals surface area contributed by atoms with E-state index in [0.717, 1.165) is 17.7 Å². The van der Waals surface area contributed by atoms with E-state index in [1.54, 1.807) is 18.9 Å². The fourth-order valence-electron chi connectivity index (χ4n) is 3.85. The van der Waals surface area contributed by atoms with Crippen LogP contribution < -0.4 is 5.32 Å². The Morgan fingerprint density at radius 2 is 1.93 bits per heavy atom. The maximum Gasteiger partial charge on any atom is 0.327 e. The number of nitrogens with zero attached hydrogens (tertiary/aromatic N) is 5. The Hall–Kier alpha value is -2.65. The van der Waals surface area contributed by atoms with Gasteiger partial charge in [-0.3, -0.25) is 9.69 Å². The summed E-state index contributed by atoms with van der Waals surface area (Å²) in [6, 6.07) is -0.928. The standard InChI is InChI=1S/C17H24N6O4/c1-10(13-19-12(20-27-13)11-4-5-11)18-15(25)23-8-6-17(7-9-23)14(24)21(2)16(26)22(17)3/h10-11H,4-9H2,1-3H3,(H,18,25). The fourth-order valence-corrected chi connectivity index (χ4v) is 3.85. The van der Waals surface area contributed by atoms with Crippen LogP contribution in [0.25, 0.3) is 0 Å². The third-order valence-corrected chi connectivity index (χ3v) is 5.91. The number of carbonyl (C=O) groups is 3. The minimum atomic E-state index is -0.833. The summed E-state index contributed by atoms with van der Waals surface area (Å²) < 4.78 is 5.26. The van der Waals surface area contributed by atoms with Crippen LogP contribution in [0.15, 0.2) is 4.52 Å². The third kappa shape index (κ3) is 2.83. The topological polar surface area (TPSA) is 112 Å². The second-order valence-corrected chi connectivity index (χ2v) is 7.66. The lowest BCUT2D eigenvalue weighted by molar-refractivity contribution is -0.134. The summed E-state index contributed by atoms with van der Waals surface area (Å²) in [6.45, 7) is 2.59. The highest BCUT2D eigenvalue weighted by atomic mass is 16.5. The number of likely N-dealkylation sites (N-methyl/N-ethyl adjacent to an activating group) is 2. The first-order chi connectivity index (χ1) is 12.8. The van der Waals surface area contributed by atoms with Gasteiger partial charge in [-0.25, -0.2) is 9.59 Å². The van der Waals surface area contributed by atoms with Gasteiger partial charge in [-0.2, -0.15) is 4.98 Å². The lowest BCUT2D eigenvalue weighted by atomic mass is 9.86. The number of likely N-dealkylation sites (tertiary alicyclic amines) is 1. The number of piperidine rings is 1. The molecule has 1 N–H and O–H groups in total. The van der Waals surface area contributed by atoms with Crippen molar-refractivity contribution < 1.29 is 18.9 Å². The van der Waals surface area contributed by atoms with E-state index < -0.39 is 11.6 Å². The summed E-state index contributed by atoms with van der Waals surface area (Å²) in [4.78, 5) is 45.9. The van der Waals surface area contributed by atoms with Crippen LogP contribution in [0.2, 0.25) is 0 Å². The molecule has 0 radical (unpaired) electrons. The number of amides is 5. The Balaban J connectivity index is 1.35. The quantitative estimate of drug-likeness (QED) is 0.790. The van der Waals surface area contributed by atoms with Gasteiger partial charge >= 0.3 is 12.1 Å². The summed E-state index contributed by atoms with van der Waals surface area (Å²) in [5.74, 6) is 1.31. The minimum Gasteiger partial charge on any atom is -0.337 e. The molecule has 1 saturated carbocycles. The van der Waals surface area contributed by atoms with Gasteiger partial charge in [-0.05, 0) is 32.6 Å². The molecule has 4 rings (SSSR count). The molecule has 146 valence electrons. The molecule has 1 aliphatic carbocycles. The Bertz CT molecular complexity index is 780. The molecule has 27 heavy (non-hydrogen) atoms. The van der Waals surface area contributed by atoms with Crippen LogP contribution in [0, 0.1) is 0 Å². The zero-order valence-electron chi connectivity index (χ0n) is 15.8. The van der Waals surface area contributed by atoms with E-state index in [0.29, 0.717) is 43.6 Å². The molecule has 0 aromatic carbocycles. The maximum atomic E-state index is 12.6. The molecule has 1 unspecified atom stereocenters. The molecule has 5 amide bonds. The number of rotatable bonds is 3. The number of hydrogen-bond acceptors (Lipinski definition) is 6. The number of hydrogen-bond donors (Lipinski definition) is 1. The molecule has 1 spiro atoms. The Kier molecular flexibility index (Phi) is 4.08. The number of carbonyl (C=O) groups excluding carboxylic acids is 3. The van der Waals surface area contributed by atoms with Crippen molar-refractivity contribution >= 4 is 18.0 Å². The van der Waals surface area contributed by atoms with Crippen LogP contribution in [-0.4, -0.2) is 75.5 Å². The number of nitrogens with one attached hydrogen (secondary N) is 1. The lowest BCUT2D eigenvalue weighted by Gasteiger charge is -2.40. The maximum absolute atomic E-state index is 12.6. The molecule has 3 heterocycles. The van der Waals surface area contributed by atoms with E-state index in [4.69, 9.17) is 4.52 Å². The zero-order valence-corrected chi connectivity index (χ0v) is 15.8. The highest BCUT2D eigenvalue weighted by Gasteiger charge is 2.55. The van der Waals surface area contributed by atoms with Gasteiger partial charge in [-0.15, -0.1) is 0 Å². The average molecular weight is 376 g/mol. The summed E-state index contributed by atoms with van der Waals surface area (Å²) >= 11 is 0. The van der Waals surface area contributed by atoms with Gasteiger partial charge in [0.15, 0.2) is 5.82 Å². The fraction of sp³-hybridized carbons (Fsp3) is 0.706. The predicted octanol–water partition coefficient (Wildman–Crippen LogP) is 1.08. The third-order valence-electron chi connectivity index (χ3n) is 5.91. The summed E-state index contributed by atoms with van der Waals surface area (Å²) in [5.41, 5.74) is -0.833. The van der Waals surface area contributed by atoms with Crippen LogP contribution >= 0.6 is 0 Å². The lowest BCUT2D eigenvalue weighted by Crippen LogP contribution is -2.57. The van der Waals surface area contributed by atoms with Crippen molar-refractivity contribution in [2.45, 2.75) is 50.1 Å². The van der Waals surface area contributed by atoms with Crippen molar-refractivity contribution in [3.8, 4) is 0 Å². The molecule has 2 aliphatic heterocycles. The van der Waals surface area contributed by atoms with Crippen molar-refractivity contribution in [3.05, 3.63) is 11.7 Å². The van der Waals surface area contributed by atoms with Crippen molar-refractivity contribution in [1.82, 2.24) is 30.2 Å². The van der Waals surface area contributed by atoms with Crippen molar-refractivity contribution in [2.24, 2.45) is 0 Å². The summed E-state index contributed by atoms with van der Waals surface area (Å²) in [7, 11) is 3.14. The van der Waals surface area contributed by atoms with Gasteiger partial charge in [0.25, 0.3) is 5.91 Å². The highest BCUT2D eigenvalue weighted by molar-refractivity contribution is 6.06. The molecular formula is C17H24N6O4. The van der Waals surface area contributed by atoms with Gasteiger partial charge < -0.3 is 19.6 Å². The molecule has 10 heteroatoms. The summed E-state index contributed by atoms with van der Waals surface area (Å²) in [6.07, 6.45) is 3.01. The zero-order chi connectivity index (χ0) is 19.3. The number of urea groups is 2. The molecule has 3 aliphatic rings. The van der Waals surface area contributed by atoms with E-state index in [9.17, 15) is 14.4 Å². The van der Waals surface area contributed by atoms with Gasteiger partial charge in [0.2, 0.25) is 5.89 Å². The first kappa shape index (κ1) is 17.7. The smallest absolute Gasteiger partial charge is 0.327 e. The van der Waals surface area contributed by atoms with Crippen molar-refractivity contribution in [2.75, 3.05) is 27.2 Å². The monoisotopic (exact) mass is 376 g/mol. The van der Waals surface area contributed by atoms with E-state index in [1.165, 1.54) is 11.9 Å². The Morgan fingerprint density at radius 1 is 1.26 bits per heavy atom. The average Bonchev–Trinajstić information content (AvgIpc) is 3.38. The van der Waals surface area contributed by atoms with Crippen molar-refractivity contribution in [3.63, 3.8) is 0 Å². The molecule has 1 atom stereocenters.